The summed E-state index contributed by atoms with van der Waals surface area (Å²) in [4.78, 5) is 42.6. The Hall–Kier alpha value is -4.73. The molecule has 1 amide bonds. The monoisotopic (exact) mass is 580 g/mol. The zero-order chi connectivity index (χ0) is 30.5. The van der Waals surface area contributed by atoms with E-state index in [4.69, 9.17) is 4.74 Å². The third kappa shape index (κ3) is 6.69. The highest BCUT2D eigenvalue weighted by Crippen LogP contribution is 2.39. The summed E-state index contributed by atoms with van der Waals surface area (Å²) in [5.74, 6) is -0.217. The van der Waals surface area contributed by atoms with Crippen molar-refractivity contribution in [3.63, 3.8) is 0 Å². The molecule has 0 aliphatic carbocycles. The molecule has 1 fully saturated rings. The number of ether oxygens (including phenoxy) is 1. The molecule has 0 atom stereocenters. The van der Waals surface area contributed by atoms with Crippen LogP contribution in [-0.4, -0.2) is 93.0 Å². The zero-order valence-electron chi connectivity index (χ0n) is 24.5. The lowest BCUT2D eigenvalue weighted by Crippen LogP contribution is -2.48. The number of fused-ring (bicyclic) bond motifs is 2. The maximum Gasteiger partial charge on any atom is 0.336 e. The van der Waals surface area contributed by atoms with Crippen LogP contribution in [0.15, 0.2) is 66.7 Å². The highest BCUT2D eigenvalue weighted by atomic mass is 16.5. The molecule has 2 N–H and O–H groups in total. The van der Waals surface area contributed by atoms with Gasteiger partial charge in [-0.2, -0.15) is 0 Å². The van der Waals surface area contributed by atoms with Crippen molar-refractivity contribution in [3.05, 3.63) is 99.4 Å². The number of carbonyl (C=O) groups excluding carboxylic acids is 2. The molecule has 2 aliphatic heterocycles. The molecular weight excluding hydrogens is 544 g/mol. The van der Waals surface area contributed by atoms with Gasteiger partial charge in [-0.1, -0.05) is 30.9 Å². The van der Waals surface area contributed by atoms with E-state index in [9.17, 15) is 19.5 Å². The Bertz CT molecular complexity index is 1690. The van der Waals surface area contributed by atoms with Gasteiger partial charge in [0, 0.05) is 93.6 Å². The highest BCUT2D eigenvalue weighted by Gasteiger charge is 2.25. The van der Waals surface area contributed by atoms with E-state index in [0.29, 0.717) is 30.2 Å². The molecule has 3 aromatic rings. The van der Waals surface area contributed by atoms with Crippen LogP contribution in [0.25, 0.3) is 12.2 Å². The van der Waals surface area contributed by atoms with Crippen LogP contribution in [0, 0.1) is 0 Å². The third-order valence-electron chi connectivity index (χ3n) is 7.82. The van der Waals surface area contributed by atoms with Crippen LogP contribution < -0.4 is 25.4 Å². The van der Waals surface area contributed by atoms with E-state index in [1.165, 1.54) is 12.1 Å². The Morgan fingerprint density at radius 2 is 1.72 bits per heavy atom. The van der Waals surface area contributed by atoms with Crippen molar-refractivity contribution >= 4 is 36.0 Å². The number of piperazine rings is 1. The van der Waals surface area contributed by atoms with Crippen molar-refractivity contribution < 1.29 is 24.2 Å². The van der Waals surface area contributed by atoms with Gasteiger partial charge in [-0.05, 0) is 47.2 Å². The van der Waals surface area contributed by atoms with Gasteiger partial charge in [0.25, 0.3) is 5.91 Å². The number of aromatic carboxylic acids is 1. The summed E-state index contributed by atoms with van der Waals surface area (Å²) in [6.45, 7) is 9.45. The maximum absolute atomic E-state index is 13.1. The van der Waals surface area contributed by atoms with Crippen LogP contribution in [0.3, 0.4) is 0 Å². The number of nitrogens with zero attached hydrogens (tertiary/aromatic N) is 3. The number of aldehydes is 1. The number of carboxylic acids is 1. The molecule has 0 saturated carbocycles. The first-order valence-corrected chi connectivity index (χ1v) is 14.3. The first-order chi connectivity index (χ1) is 20.7. The normalized spacial score (nSPS) is 15.0. The lowest BCUT2D eigenvalue weighted by molar-refractivity contribution is -0.104. The van der Waals surface area contributed by atoms with Crippen molar-refractivity contribution in [2.75, 3.05) is 64.8 Å². The van der Waals surface area contributed by atoms with Crippen molar-refractivity contribution in [1.29, 1.82) is 0 Å². The molecule has 0 aromatic heterocycles. The van der Waals surface area contributed by atoms with E-state index in [2.05, 4.69) is 21.7 Å². The number of carbonyl (C=O) groups is 3. The first-order valence-electron chi connectivity index (χ1n) is 14.3. The number of allylic oxidation sites excluding steroid dienone is 1. The quantitative estimate of drug-likeness (QED) is 0.218. The van der Waals surface area contributed by atoms with Crippen LogP contribution in [0.1, 0.15) is 31.8 Å². The van der Waals surface area contributed by atoms with E-state index in [1.807, 2.05) is 61.5 Å². The smallest absolute Gasteiger partial charge is 0.336 e. The molecule has 1 saturated heterocycles. The van der Waals surface area contributed by atoms with Gasteiger partial charge in [-0.25, -0.2) is 4.79 Å². The molecule has 222 valence electrons. The van der Waals surface area contributed by atoms with Gasteiger partial charge in [-0.15, -0.1) is 0 Å². The molecule has 43 heavy (non-hydrogen) atoms. The Morgan fingerprint density at radius 3 is 2.44 bits per heavy atom. The van der Waals surface area contributed by atoms with E-state index in [1.54, 1.807) is 12.1 Å². The second-order valence-corrected chi connectivity index (χ2v) is 10.9. The average Bonchev–Trinajstić information content (AvgIpc) is 3.00. The van der Waals surface area contributed by atoms with Crippen molar-refractivity contribution in [3.8, 4) is 11.5 Å². The Labute approximate surface area is 251 Å². The molecule has 3 aromatic carbocycles. The van der Waals surface area contributed by atoms with Gasteiger partial charge in [0.05, 0.1) is 5.56 Å². The highest BCUT2D eigenvalue weighted by molar-refractivity contribution is 6.02. The molecule has 0 bridgehead atoms. The largest absolute Gasteiger partial charge is 0.478 e. The third-order valence-corrected chi connectivity index (χ3v) is 7.82. The maximum atomic E-state index is 13.1. The molecule has 9 heteroatoms. The van der Waals surface area contributed by atoms with Crippen LogP contribution in [0.2, 0.25) is 0 Å². The predicted octanol–water partition coefficient (Wildman–Crippen LogP) is 2.32. The molecule has 0 spiro atoms. The minimum Gasteiger partial charge on any atom is -0.478 e. The fourth-order valence-electron chi connectivity index (χ4n) is 5.46. The van der Waals surface area contributed by atoms with E-state index in [-0.39, 0.29) is 17.0 Å². The van der Waals surface area contributed by atoms with Crippen LogP contribution in [-0.2, 0) is 4.79 Å². The van der Waals surface area contributed by atoms with Crippen LogP contribution >= 0.6 is 0 Å². The summed E-state index contributed by atoms with van der Waals surface area (Å²) in [6.07, 6.45) is 4.16. The molecule has 2 aliphatic rings. The summed E-state index contributed by atoms with van der Waals surface area (Å²) in [5, 5.41) is 14.8. The summed E-state index contributed by atoms with van der Waals surface area (Å²) < 4.78 is 6.26. The second kappa shape index (κ2) is 13.1. The second-order valence-electron chi connectivity index (χ2n) is 10.9. The molecule has 0 radical (unpaired) electrons. The molecule has 9 nitrogen and oxygen atoms in total. The van der Waals surface area contributed by atoms with E-state index in [0.717, 1.165) is 66.3 Å². The lowest BCUT2D eigenvalue weighted by atomic mass is 9.88. The average molecular weight is 581 g/mol. The zero-order valence-corrected chi connectivity index (χ0v) is 24.5. The predicted molar refractivity (Wildman–Crippen MR) is 167 cm³/mol. The van der Waals surface area contributed by atoms with Crippen LogP contribution in [0.4, 0.5) is 5.69 Å². The minimum absolute atomic E-state index is 0.0385. The number of rotatable bonds is 10. The lowest BCUT2D eigenvalue weighted by Gasteiger charge is -2.34. The Morgan fingerprint density at radius 1 is 0.977 bits per heavy atom. The van der Waals surface area contributed by atoms with Gasteiger partial charge in [-0.3, -0.25) is 19.4 Å². The standard InChI is InChI=1S/C34H36N4O5/c1-23-6-9-27-30(20-23)43-31-22-25(36(2)3)8-11-28(31)32(27)26-10-7-24(21-29(26)34(41)42)33(40)35-12-14-38-17-15-37(16-18-38)13-4-5-19-39/h4-11,19-22H,1,12-18H2,2-3H3,(H,35,40)(H,41,42)/b5-4+. The Kier molecular flexibility index (Phi) is 9.04. The number of carboxylic acid groups (broad SMARTS) is 1. The summed E-state index contributed by atoms with van der Waals surface area (Å²) in [5.41, 5.74) is 3.28. The van der Waals surface area contributed by atoms with E-state index < -0.39 is 5.97 Å². The fourth-order valence-corrected chi connectivity index (χ4v) is 5.46. The number of anilines is 1. The molecule has 5 rings (SSSR count). The molecular formula is C34H36N4O5. The summed E-state index contributed by atoms with van der Waals surface area (Å²) in [7, 11) is 3.89. The number of amides is 1. The topological polar surface area (TPSA) is 102 Å². The minimum atomic E-state index is -1.12. The number of hydrogen-bond donors (Lipinski definition) is 2. The van der Waals surface area contributed by atoms with Crippen LogP contribution in [0.5, 0.6) is 11.5 Å². The first kappa shape index (κ1) is 29.8. The summed E-state index contributed by atoms with van der Waals surface area (Å²) >= 11 is 0. The molecule has 2 heterocycles. The number of benzene rings is 3. The van der Waals surface area contributed by atoms with Gasteiger partial charge >= 0.3 is 5.97 Å². The fraction of sp³-hybridized carbons (Fsp3) is 0.265. The number of hydrogen-bond acceptors (Lipinski definition) is 7. The van der Waals surface area contributed by atoms with Gasteiger partial charge in [0.2, 0.25) is 0 Å². The van der Waals surface area contributed by atoms with Gasteiger partial charge in [0.15, 0.2) is 0 Å². The number of nitrogens with one attached hydrogen (secondary N) is 1. The summed E-state index contributed by atoms with van der Waals surface area (Å²) in [6, 6.07) is 16.3. The van der Waals surface area contributed by atoms with E-state index >= 15 is 0 Å². The molecule has 0 unspecified atom stereocenters. The van der Waals surface area contributed by atoms with Crippen molar-refractivity contribution in [1.82, 2.24) is 15.1 Å². The van der Waals surface area contributed by atoms with Gasteiger partial charge in [0.1, 0.15) is 17.8 Å². The SMILES string of the molecule is C=c1ccc2c(c1)Oc1cc(N(C)C)ccc1C=2c1ccc(C(=O)NCCN2CCN(C/C=C/C=O)CC2)cc1C(=O)O. The van der Waals surface area contributed by atoms with Gasteiger partial charge < -0.3 is 20.1 Å². The van der Waals surface area contributed by atoms with Crippen molar-refractivity contribution in [2.24, 2.45) is 0 Å². The Balaban J connectivity index is 1.37. The van der Waals surface area contributed by atoms with Crippen molar-refractivity contribution in [2.45, 2.75) is 0 Å².